The van der Waals surface area contributed by atoms with Gasteiger partial charge in [0.1, 0.15) is 6.54 Å². The van der Waals surface area contributed by atoms with E-state index in [1.165, 1.54) is 0 Å². The van der Waals surface area contributed by atoms with Crippen molar-refractivity contribution in [3.05, 3.63) is 40.9 Å². The van der Waals surface area contributed by atoms with Gasteiger partial charge >= 0.3 is 5.97 Å². The van der Waals surface area contributed by atoms with Gasteiger partial charge in [0.2, 0.25) is 0 Å². The molecule has 2 aromatic rings. The van der Waals surface area contributed by atoms with Crippen LogP contribution in [0.2, 0.25) is 0 Å². The van der Waals surface area contributed by atoms with Gasteiger partial charge < -0.3 is 9.30 Å². The maximum atomic E-state index is 12.6. The highest BCUT2D eigenvalue weighted by Gasteiger charge is 2.37. The summed E-state index contributed by atoms with van der Waals surface area (Å²) in [5.41, 5.74) is 1.94. The normalized spacial score (nSPS) is 16.3. The van der Waals surface area contributed by atoms with Crippen LogP contribution in [0.1, 0.15) is 26.3 Å². The molecule has 0 unspecified atom stereocenters. The molecule has 26 heavy (non-hydrogen) atoms. The van der Waals surface area contributed by atoms with Crippen LogP contribution in [-0.2, 0) is 20.9 Å². The molecule has 0 spiro atoms. The van der Waals surface area contributed by atoms with Gasteiger partial charge in [-0.25, -0.2) is 0 Å². The van der Waals surface area contributed by atoms with Gasteiger partial charge in [-0.15, -0.1) is 0 Å². The van der Waals surface area contributed by atoms with E-state index < -0.39 is 17.1 Å². The number of carbonyl (C=O) groups is 3. The third-order valence-electron chi connectivity index (χ3n) is 3.97. The zero-order valence-electron chi connectivity index (χ0n) is 14.9. The molecular weight excluding hydrogens is 352 g/mol. The number of aryl methyl sites for hydroxylation is 1. The Labute approximate surface area is 155 Å². The second-order valence-electron chi connectivity index (χ2n) is 6.19. The molecule has 2 heterocycles. The quantitative estimate of drug-likeness (QED) is 0.592. The predicted molar refractivity (Wildman–Crippen MR) is 102 cm³/mol. The summed E-state index contributed by atoms with van der Waals surface area (Å²) in [6.45, 7) is 5.92. The molecule has 1 aromatic carbocycles. The predicted octanol–water partition coefficient (Wildman–Crippen LogP) is 3.65. The first-order valence-corrected chi connectivity index (χ1v) is 9.25. The Kier molecular flexibility index (Phi) is 5.18. The van der Waals surface area contributed by atoms with Gasteiger partial charge in [-0.05, 0) is 44.7 Å². The molecule has 0 bridgehead atoms. The second kappa shape index (κ2) is 7.37. The molecule has 136 valence electrons. The zero-order valence-corrected chi connectivity index (χ0v) is 15.7. The molecule has 0 saturated carbocycles. The summed E-state index contributed by atoms with van der Waals surface area (Å²) in [5, 5.41) is 0.557. The molecule has 0 N–H and O–H groups in total. The van der Waals surface area contributed by atoms with Gasteiger partial charge in [0, 0.05) is 29.2 Å². The van der Waals surface area contributed by atoms with Crippen LogP contribution in [0.15, 0.2) is 35.4 Å². The van der Waals surface area contributed by atoms with Crippen LogP contribution in [0.3, 0.4) is 0 Å². The van der Waals surface area contributed by atoms with Crippen molar-refractivity contribution >= 4 is 45.9 Å². The van der Waals surface area contributed by atoms with Gasteiger partial charge in [-0.3, -0.25) is 19.3 Å². The highest BCUT2D eigenvalue weighted by Crippen LogP contribution is 2.34. The number of para-hydroxylation sites is 1. The van der Waals surface area contributed by atoms with Gasteiger partial charge in [-0.1, -0.05) is 18.2 Å². The van der Waals surface area contributed by atoms with Crippen molar-refractivity contribution < 1.29 is 19.1 Å². The van der Waals surface area contributed by atoms with E-state index in [-0.39, 0.29) is 12.6 Å². The monoisotopic (exact) mass is 372 g/mol. The molecular formula is C19H20N2O4S. The maximum absolute atomic E-state index is 12.6. The van der Waals surface area contributed by atoms with E-state index in [0.29, 0.717) is 4.91 Å². The fourth-order valence-corrected chi connectivity index (χ4v) is 3.69. The number of thioether (sulfide) groups is 1. The number of fused-ring (bicyclic) bond motifs is 1. The molecule has 7 heteroatoms. The fourth-order valence-electron chi connectivity index (χ4n) is 2.86. The average molecular weight is 372 g/mol. The number of nitrogens with zero attached hydrogens (tertiary/aromatic N) is 2. The lowest BCUT2D eigenvalue weighted by atomic mass is 10.1. The van der Waals surface area contributed by atoms with Gasteiger partial charge in [0.05, 0.1) is 11.0 Å². The Balaban J connectivity index is 1.88. The Morgan fingerprint density at radius 1 is 1.27 bits per heavy atom. The van der Waals surface area contributed by atoms with Crippen LogP contribution < -0.4 is 0 Å². The summed E-state index contributed by atoms with van der Waals surface area (Å²) in [5.74, 6) is -1.06. The number of imide groups is 1. The summed E-state index contributed by atoms with van der Waals surface area (Å²) >= 11 is 0.844. The van der Waals surface area contributed by atoms with E-state index in [1.807, 2.05) is 37.4 Å². The lowest BCUT2D eigenvalue weighted by Gasteiger charge is -2.13. The highest BCUT2D eigenvalue weighted by molar-refractivity contribution is 8.18. The second-order valence-corrected chi connectivity index (χ2v) is 7.19. The molecule has 1 saturated heterocycles. The molecule has 0 atom stereocenters. The Bertz CT molecular complexity index is 913. The highest BCUT2D eigenvalue weighted by atomic mass is 32.2. The molecule has 0 radical (unpaired) electrons. The Morgan fingerprint density at radius 2 is 2.00 bits per heavy atom. The first-order valence-electron chi connectivity index (χ1n) is 8.43. The number of hydrogen-bond acceptors (Lipinski definition) is 5. The molecule has 1 fully saturated rings. The number of ether oxygens (including phenoxy) is 1. The van der Waals surface area contributed by atoms with Gasteiger partial charge in [0.15, 0.2) is 0 Å². The minimum absolute atomic E-state index is 0.293. The molecule has 1 aromatic heterocycles. The standard InChI is InChI=1S/C19H20N2O4S/c1-4-20-10-13(14-7-5-6-8-15(14)20)9-16-18(23)21(19(24)26-16)11-17(22)25-12(2)3/h5-10,12H,4,11H2,1-3H3. The van der Waals surface area contributed by atoms with Crippen molar-refractivity contribution in [1.82, 2.24) is 9.47 Å². The first-order chi connectivity index (χ1) is 12.4. The zero-order chi connectivity index (χ0) is 18.8. The SMILES string of the molecule is CCn1cc(C=C2SC(=O)N(CC(=O)OC(C)C)C2=O)c2ccccc21. The summed E-state index contributed by atoms with van der Waals surface area (Å²) in [7, 11) is 0. The molecule has 1 aliphatic heterocycles. The Hall–Kier alpha value is -2.54. The number of aromatic nitrogens is 1. The Morgan fingerprint density at radius 3 is 2.69 bits per heavy atom. The smallest absolute Gasteiger partial charge is 0.326 e. The van der Waals surface area contributed by atoms with Crippen molar-refractivity contribution in [3.8, 4) is 0 Å². The number of hydrogen-bond donors (Lipinski definition) is 0. The fraction of sp³-hybridized carbons (Fsp3) is 0.316. The topological polar surface area (TPSA) is 68.6 Å². The van der Waals surface area contributed by atoms with Crippen molar-refractivity contribution in [3.63, 3.8) is 0 Å². The largest absolute Gasteiger partial charge is 0.462 e. The van der Waals surface area contributed by atoms with Crippen LogP contribution in [0.5, 0.6) is 0 Å². The molecule has 0 aliphatic carbocycles. The number of rotatable bonds is 5. The lowest BCUT2D eigenvalue weighted by Crippen LogP contribution is -2.35. The van der Waals surface area contributed by atoms with E-state index in [1.54, 1.807) is 19.9 Å². The van der Waals surface area contributed by atoms with E-state index in [2.05, 4.69) is 4.57 Å². The lowest BCUT2D eigenvalue weighted by molar-refractivity contribution is -0.149. The van der Waals surface area contributed by atoms with Crippen molar-refractivity contribution in [2.45, 2.75) is 33.4 Å². The minimum atomic E-state index is -0.592. The van der Waals surface area contributed by atoms with Gasteiger partial charge in [0.25, 0.3) is 11.1 Å². The van der Waals surface area contributed by atoms with E-state index in [4.69, 9.17) is 4.74 Å². The first kappa shape index (κ1) is 18.3. The third-order valence-corrected chi connectivity index (χ3v) is 4.88. The van der Waals surface area contributed by atoms with E-state index in [0.717, 1.165) is 39.7 Å². The third kappa shape index (κ3) is 3.53. The van der Waals surface area contributed by atoms with E-state index in [9.17, 15) is 14.4 Å². The molecule has 6 nitrogen and oxygen atoms in total. The molecule has 1 aliphatic rings. The van der Waals surface area contributed by atoms with Crippen molar-refractivity contribution in [1.29, 1.82) is 0 Å². The maximum Gasteiger partial charge on any atom is 0.326 e. The summed E-state index contributed by atoms with van der Waals surface area (Å²) in [6, 6.07) is 7.90. The van der Waals surface area contributed by atoms with Crippen LogP contribution in [0.4, 0.5) is 4.79 Å². The number of esters is 1. The molecule has 2 amide bonds. The number of benzene rings is 1. The number of amides is 2. The van der Waals surface area contributed by atoms with Crippen LogP contribution in [-0.4, -0.2) is 39.2 Å². The summed E-state index contributed by atoms with van der Waals surface area (Å²) in [4.78, 5) is 37.7. The van der Waals surface area contributed by atoms with Crippen LogP contribution in [0.25, 0.3) is 17.0 Å². The van der Waals surface area contributed by atoms with Crippen LogP contribution >= 0.6 is 11.8 Å². The summed E-state index contributed by atoms with van der Waals surface area (Å²) in [6.07, 6.45) is 3.39. The number of carbonyl (C=O) groups excluding carboxylic acids is 3. The molecule has 3 rings (SSSR count). The van der Waals surface area contributed by atoms with Gasteiger partial charge in [-0.2, -0.15) is 0 Å². The average Bonchev–Trinajstić information content (AvgIpc) is 3.07. The minimum Gasteiger partial charge on any atom is -0.462 e. The van der Waals surface area contributed by atoms with Crippen molar-refractivity contribution in [2.75, 3.05) is 6.54 Å². The van der Waals surface area contributed by atoms with Crippen LogP contribution in [0, 0.1) is 0 Å². The summed E-state index contributed by atoms with van der Waals surface area (Å²) < 4.78 is 7.11. The van der Waals surface area contributed by atoms with Crippen molar-refractivity contribution in [2.24, 2.45) is 0 Å². The van der Waals surface area contributed by atoms with E-state index >= 15 is 0 Å².